The molecule has 2 aliphatic rings. The lowest BCUT2D eigenvalue weighted by Gasteiger charge is -2.34. The van der Waals surface area contributed by atoms with Crippen LogP contribution in [0.1, 0.15) is 36.4 Å². The van der Waals surface area contributed by atoms with E-state index in [1.807, 2.05) is 18.2 Å². The van der Waals surface area contributed by atoms with E-state index in [1.54, 1.807) is 4.31 Å². The summed E-state index contributed by atoms with van der Waals surface area (Å²) in [5.41, 5.74) is 5.14. The van der Waals surface area contributed by atoms with Crippen molar-refractivity contribution < 1.29 is 16.8 Å². The van der Waals surface area contributed by atoms with Crippen molar-refractivity contribution in [2.24, 2.45) is 0 Å². The van der Waals surface area contributed by atoms with Gasteiger partial charge in [0.25, 0.3) is 0 Å². The van der Waals surface area contributed by atoms with E-state index in [0.29, 0.717) is 26.2 Å². The minimum absolute atomic E-state index is 0.189. The Labute approximate surface area is 201 Å². The highest BCUT2D eigenvalue weighted by Crippen LogP contribution is 2.38. The fourth-order valence-electron chi connectivity index (χ4n) is 5.24. The first-order chi connectivity index (χ1) is 16.2. The zero-order chi connectivity index (χ0) is 23.9. The van der Waals surface area contributed by atoms with Crippen molar-refractivity contribution >= 4 is 30.8 Å². The van der Waals surface area contributed by atoms with E-state index in [1.165, 1.54) is 6.26 Å². The van der Waals surface area contributed by atoms with Gasteiger partial charge in [0.2, 0.25) is 10.0 Å². The van der Waals surface area contributed by atoms with E-state index in [4.69, 9.17) is 0 Å². The smallest absolute Gasteiger partial charge is 0.211 e. The molecular formula is C25H31N3O4S2. The van der Waals surface area contributed by atoms with Crippen molar-refractivity contribution in [3.05, 3.63) is 59.7 Å². The molecule has 0 bridgehead atoms. The summed E-state index contributed by atoms with van der Waals surface area (Å²) < 4.78 is 50.7. The molecule has 1 atom stereocenters. The largest absolute Gasteiger partial charge is 0.354 e. The van der Waals surface area contributed by atoms with Gasteiger partial charge in [0.1, 0.15) is 0 Å². The number of sulfonamides is 1. The molecule has 7 nitrogen and oxygen atoms in total. The minimum Gasteiger partial charge on any atom is -0.354 e. The number of nitrogens with one attached hydrogen (secondary N) is 1. The Morgan fingerprint density at radius 2 is 1.74 bits per heavy atom. The number of benzene rings is 2. The van der Waals surface area contributed by atoms with Crippen molar-refractivity contribution in [2.75, 3.05) is 37.4 Å². The molecule has 0 amide bonds. The quantitative estimate of drug-likeness (QED) is 0.577. The van der Waals surface area contributed by atoms with Gasteiger partial charge in [-0.3, -0.25) is 4.90 Å². The lowest BCUT2D eigenvalue weighted by Crippen LogP contribution is -2.40. The Morgan fingerprint density at radius 3 is 2.44 bits per heavy atom. The van der Waals surface area contributed by atoms with Gasteiger partial charge in [-0.1, -0.05) is 42.8 Å². The van der Waals surface area contributed by atoms with Gasteiger partial charge >= 0.3 is 0 Å². The Balaban J connectivity index is 1.58. The monoisotopic (exact) mass is 501 g/mol. The summed E-state index contributed by atoms with van der Waals surface area (Å²) in [6, 6.07) is 16.3. The number of rotatable bonds is 5. The molecule has 0 aliphatic carbocycles. The predicted molar refractivity (Wildman–Crippen MR) is 136 cm³/mol. The molecule has 1 aromatic heterocycles. The predicted octanol–water partition coefficient (Wildman–Crippen LogP) is 3.55. The van der Waals surface area contributed by atoms with E-state index in [9.17, 15) is 16.8 Å². The summed E-state index contributed by atoms with van der Waals surface area (Å²) in [5, 5.41) is 1.05. The summed E-state index contributed by atoms with van der Waals surface area (Å²) in [7, 11) is -6.29. The zero-order valence-corrected chi connectivity index (χ0v) is 21.0. The minimum atomic E-state index is -3.35. The maximum Gasteiger partial charge on any atom is 0.211 e. The van der Waals surface area contributed by atoms with Crippen LogP contribution in [0.25, 0.3) is 22.2 Å². The summed E-state index contributed by atoms with van der Waals surface area (Å²) >= 11 is 0. The molecule has 0 spiro atoms. The first kappa shape index (κ1) is 23.5. The van der Waals surface area contributed by atoms with Gasteiger partial charge in [0.05, 0.1) is 29.3 Å². The van der Waals surface area contributed by atoms with Crippen LogP contribution >= 0.6 is 0 Å². The molecule has 182 valence electrons. The van der Waals surface area contributed by atoms with Crippen molar-refractivity contribution in [3.63, 3.8) is 0 Å². The Hall–Kier alpha value is -2.20. The lowest BCUT2D eigenvalue weighted by molar-refractivity contribution is 0.258. The molecule has 3 aromatic rings. The standard InChI is InChI=1S/C25H31N3O4S2/c1-33(29,30)28-10-6-5-9-24(28)22-16-19(18-27-11-13-34(31,32)14-12-27)15-21-17-23(26-25(21)22)20-7-3-2-4-8-20/h2-4,7-8,15-17,24,26H,5-6,9-14,18H2,1H3. The molecular weight excluding hydrogens is 470 g/mol. The maximum absolute atomic E-state index is 12.6. The summed E-state index contributed by atoms with van der Waals surface area (Å²) in [6.45, 7) is 2.23. The SMILES string of the molecule is CS(=O)(=O)N1CCCCC1c1cc(CN2CCS(=O)(=O)CC2)cc2cc(-c3ccccc3)[nH]c12. The molecule has 2 fully saturated rings. The van der Waals surface area contributed by atoms with Gasteiger partial charge < -0.3 is 4.98 Å². The third-order valence-corrected chi connectivity index (χ3v) is 9.88. The van der Waals surface area contributed by atoms with Crippen molar-refractivity contribution in [2.45, 2.75) is 31.8 Å². The maximum atomic E-state index is 12.6. The highest BCUT2D eigenvalue weighted by molar-refractivity contribution is 7.91. The van der Waals surface area contributed by atoms with Gasteiger partial charge in [-0.15, -0.1) is 0 Å². The molecule has 1 N–H and O–H groups in total. The molecule has 0 radical (unpaired) electrons. The topological polar surface area (TPSA) is 90.6 Å². The fourth-order valence-corrected chi connectivity index (χ4v) is 7.66. The van der Waals surface area contributed by atoms with Crippen LogP contribution < -0.4 is 0 Å². The van der Waals surface area contributed by atoms with Crippen LogP contribution in [0.5, 0.6) is 0 Å². The third-order valence-electron chi connectivity index (χ3n) is 6.99. The molecule has 1 unspecified atom stereocenters. The molecule has 34 heavy (non-hydrogen) atoms. The highest BCUT2D eigenvalue weighted by Gasteiger charge is 2.32. The number of aromatic amines is 1. The van der Waals surface area contributed by atoms with Gasteiger partial charge in [-0.05, 0) is 41.7 Å². The van der Waals surface area contributed by atoms with E-state index in [-0.39, 0.29) is 17.5 Å². The second-order valence-corrected chi connectivity index (χ2v) is 13.8. The Morgan fingerprint density at radius 1 is 1.00 bits per heavy atom. The van der Waals surface area contributed by atoms with Crippen LogP contribution in [0.15, 0.2) is 48.5 Å². The Kier molecular flexibility index (Phi) is 6.31. The second kappa shape index (κ2) is 9.11. The van der Waals surface area contributed by atoms with E-state index >= 15 is 0 Å². The van der Waals surface area contributed by atoms with Crippen molar-refractivity contribution in [1.29, 1.82) is 0 Å². The lowest BCUT2D eigenvalue weighted by atomic mass is 9.94. The molecule has 9 heteroatoms. The van der Waals surface area contributed by atoms with Gasteiger partial charge in [0.15, 0.2) is 9.84 Å². The number of hydrogen-bond donors (Lipinski definition) is 1. The summed E-state index contributed by atoms with van der Waals surface area (Å²) in [5.74, 6) is 0.379. The molecule has 5 rings (SSSR count). The third kappa shape index (κ3) is 4.93. The number of H-pyrrole nitrogens is 1. The number of piperidine rings is 1. The molecule has 2 saturated heterocycles. The van der Waals surface area contributed by atoms with Gasteiger partial charge in [-0.2, -0.15) is 4.31 Å². The van der Waals surface area contributed by atoms with Gasteiger partial charge in [-0.25, -0.2) is 16.8 Å². The summed E-state index contributed by atoms with van der Waals surface area (Å²) in [4.78, 5) is 5.75. The average molecular weight is 502 g/mol. The van der Waals surface area contributed by atoms with Crippen LogP contribution in [0, 0.1) is 0 Å². The Bertz CT molecular complexity index is 1380. The van der Waals surface area contributed by atoms with Crippen LogP contribution in [-0.4, -0.2) is 68.4 Å². The fraction of sp³-hybridized carbons (Fsp3) is 0.440. The normalized spacial score (nSPS) is 22.2. The number of hydrogen-bond acceptors (Lipinski definition) is 5. The zero-order valence-electron chi connectivity index (χ0n) is 19.4. The van der Waals surface area contributed by atoms with Crippen LogP contribution in [0.2, 0.25) is 0 Å². The average Bonchev–Trinajstić information content (AvgIpc) is 3.24. The van der Waals surface area contributed by atoms with E-state index in [2.05, 4.69) is 40.2 Å². The van der Waals surface area contributed by atoms with Gasteiger partial charge in [0, 0.05) is 37.3 Å². The number of aromatic nitrogens is 1. The van der Waals surface area contributed by atoms with E-state index in [0.717, 1.165) is 52.5 Å². The van der Waals surface area contributed by atoms with Crippen molar-refractivity contribution in [1.82, 2.24) is 14.2 Å². The molecule has 2 aliphatic heterocycles. The van der Waals surface area contributed by atoms with Crippen molar-refractivity contribution in [3.8, 4) is 11.3 Å². The molecule has 3 heterocycles. The number of nitrogens with zero attached hydrogens (tertiary/aromatic N) is 2. The number of sulfone groups is 1. The van der Waals surface area contributed by atoms with Crippen LogP contribution in [0.4, 0.5) is 0 Å². The van der Waals surface area contributed by atoms with Crippen LogP contribution in [0.3, 0.4) is 0 Å². The highest BCUT2D eigenvalue weighted by atomic mass is 32.2. The first-order valence-electron chi connectivity index (χ1n) is 11.8. The molecule has 2 aromatic carbocycles. The van der Waals surface area contributed by atoms with E-state index < -0.39 is 19.9 Å². The molecule has 0 saturated carbocycles. The first-order valence-corrected chi connectivity index (χ1v) is 15.5. The summed E-state index contributed by atoms with van der Waals surface area (Å²) in [6.07, 6.45) is 3.94. The number of fused-ring (bicyclic) bond motifs is 1. The second-order valence-electron chi connectivity index (χ2n) is 9.51. The van der Waals surface area contributed by atoms with Crippen LogP contribution in [-0.2, 0) is 26.4 Å².